The van der Waals surface area contributed by atoms with E-state index in [0.717, 1.165) is 11.3 Å². The third-order valence-corrected chi connectivity index (χ3v) is 4.57. The lowest BCUT2D eigenvalue weighted by Crippen LogP contribution is -2.43. The summed E-state index contributed by atoms with van der Waals surface area (Å²) in [5.41, 5.74) is 2.00. The van der Waals surface area contributed by atoms with Crippen LogP contribution in [0.15, 0.2) is 36.7 Å². The number of aromatic nitrogens is 2. The molecule has 4 rings (SSSR count). The van der Waals surface area contributed by atoms with Crippen molar-refractivity contribution in [2.75, 3.05) is 31.2 Å². The van der Waals surface area contributed by atoms with Crippen molar-refractivity contribution in [1.82, 2.24) is 14.7 Å². The number of carboxylic acid groups (broad SMARTS) is 1. The molecule has 130 valence electrons. The number of morpholine rings is 1. The zero-order valence-corrected chi connectivity index (χ0v) is 13.5. The van der Waals surface area contributed by atoms with E-state index in [2.05, 4.69) is 5.10 Å². The van der Waals surface area contributed by atoms with Crippen LogP contribution < -0.4 is 4.90 Å². The minimum atomic E-state index is -0.991. The van der Waals surface area contributed by atoms with E-state index < -0.39 is 5.97 Å². The Balaban J connectivity index is 1.46. The predicted molar refractivity (Wildman–Crippen MR) is 88.8 cm³/mol. The number of benzene rings is 1. The Hall–Kier alpha value is -2.87. The smallest absolute Gasteiger partial charge is 0.338 e. The SMILES string of the molecule is O=C(O)c1cnn(Cc2ccc(N3CC4COCCN4C3=O)cc2)c1. The highest BCUT2D eigenvalue weighted by Crippen LogP contribution is 2.26. The molecule has 0 saturated carbocycles. The number of hydrogen-bond donors (Lipinski definition) is 1. The van der Waals surface area contributed by atoms with Crippen LogP contribution in [0.3, 0.4) is 0 Å². The molecular formula is C17H18N4O4. The van der Waals surface area contributed by atoms with E-state index in [1.807, 2.05) is 29.2 Å². The largest absolute Gasteiger partial charge is 0.478 e. The fourth-order valence-corrected chi connectivity index (χ4v) is 3.25. The van der Waals surface area contributed by atoms with Gasteiger partial charge in [-0.2, -0.15) is 5.10 Å². The molecule has 2 aliphatic heterocycles. The van der Waals surface area contributed by atoms with Gasteiger partial charge < -0.3 is 14.7 Å². The zero-order chi connectivity index (χ0) is 17.4. The van der Waals surface area contributed by atoms with Crippen molar-refractivity contribution in [1.29, 1.82) is 0 Å². The molecule has 1 unspecified atom stereocenters. The van der Waals surface area contributed by atoms with Crippen molar-refractivity contribution in [3.05, 3.63) is 47.8 Å². The molecule has 1 N–H and O–H groups in total. The first kappa shape index (κ1) is 15.6. The van der Waals surface area contributed by atoms with E-state index in [0.29, 0.717) is 32.8 Å². The van der Waals surface area contributed by atoms with Crippen LogP contribution in [0.25, 0.3) is 0 Å². The number of fused-ring (bicyclic) bond motifs is 1. The van der Waals surface area contributed by atoms with Gasteiger partial charge in [-0.15, -0.1) is 0 Å². The summed E-state index contributed by atoms with van der Waals surface area (Å²) in [6.45, 7) is 2.94. The van der Waals surface area contributed by atoms with Gasteiger partial charge in [-0.05, 0) is 17.7 Å². The first-order chi connectivity index (χ1) is 12.1. The number of hydrogen-bond acceptors (Lipinski definition) is 4. The molecule has 1 aromatic carbocycles. The van der Waals surface area contributed by atoms with Gasteiger partial charge in [0.2, 0.25) is 0 Å². The molecule has 8 heteroatoms. The number of aromatic carboxylic acids is 1. The van der Waals surface area contributed by atoms with Gasteiger partial charge in [0.15, 0.2) is 0 Å². The van der Waals surface area contributed by atoms with Gasteiger partial charge in [-0.1, -0.05) is 12.1 Å². The summed E-state index contributed by atoms with van der Waals surface area (Å²) in [7, 11) is 0. The maximum absolute atomic E-state index is 12.5. The van der Waals surface area contributed by atoms with Crippen LogP contribution in [0.4, 0.5) is 10.5 Å². The van der Waals surface area contributed by atoms with Crippen molar-refractivity contribution in [3.63, 3.8) is 0 Å². The van der Waals surface area contributed by atoms with Crippen molar-refractivity contribution in [2.24, 2.45) is 0 Å². The number of amides is 2. The molecule has 0 aliphatic carbocycles. The van der Waals surface area contributed by atoms with Crippen LogP contribution in [0, 0.1) is 0 Å². The van der Waals surface area contributed by atoms with E-state index in [1.54, 1.807) is 9.58 Å². The number of urea groups is 1. The lowest BCUT2D eigenvalue weighted by atomic mass is 10.2. The quantitative estimate of drug-likeness (QED) is 0.904. The Kier molecular flexibility index (Phi) is 3.89. The van der Waals surface area contributed by atoms with E-state index in [-0.39, 0.29) is 17.6 Å². The second kappa shape index (κ2) is 6.21. The van der Waals surface area contributed by atoms with Crippen LogP contribution in [-0.2, 0) is 11.3 Å². The highest BCUT2D eigenvalue weighted by Gasteiger charge is 2.39. The maximum atomic E-state index is 12.5. The average molecular weight is 342 g/mol. The Morgan fingerprint density at radius 1 is 1.32 bits per heavy atom. The minimum absolute atomic E-state index is 0.0271. The summed E-state index contributed by atoms with van der Waals surface area (Å²) < 4.78 is 7.03. The van der Waals surface area contributed by atoms with Crippen molar-refractivity contribution in [2.45, 2.75) is 12.6 Å². The van der Waals surface area contributed by atoms with Crippen molar-refractivity contribution < 1.29 is 19.4 Å². The second-order valence-corrected chi connectivity index (χ2v) is 6.21. The third kappa shape index (κ3) is 2.96. The first-order valence-corrected chi connectivity index (χ1v) is 8.12. The summed E-state index contributed by atoms with van der Waals surface area (Å²) in [5, 5.41) is 13.0. The maximum Gasteiger partial charge on any atom is 0.338 e. The van der Waals surface area contributed by atoms with Crippen molar-refractivity contribution >= 4 is 17.7 Å². The number of rotatable bonds is 4. The topological polar surface area (TPSA) is 87.9 Å². The molecule has 2 aliphatic rings. The molecule has 3 heterocycles. The van der Waals surface area contributed by atoms with Gasteiger partial charge in [0, 0.05) is 18.4 Å². The number of anilines is 1. The minimum Gasteiger partial charge on any atom is -0.478 e. The average Bonchev–Trinajstić information content (AvgIpc) is 3.21. The van der Waals surface area contributed by atoms with E-state index in [9.17, 15) is 9.59 Å². The lowest BCUT2D eigenvalue weighted by Gasteiger charge is -2.27. The molecule has 0 spiro atoms. The molecule has 2 amide bonds. The summed E-state index contributed by atoms with van der Waals surface area (Å²) in [5.74, 6) is -0.991. The molecule has 1 aromatic heterocycles. The molecule has 1 atom stereocenters. The first-order valence-electron chi connectivity index (χ1n) is 8.12. The number of nitrogens with zero attached hydrogens (tertiary/aromatic N) is 4. The molecule has 25 heavy (non-hydrogen) atoms. The van der Waals surface area contributed by atoms with E-state index in [1.165, 1.54) is 12.4 Å². The van der Waals surface area contributed by atoms with Gasteiger partial charge in [0.1, 0.15) is 0 Å². The molecular weight excluding hydrogens is 324 g/mol. The molecule has 0 radical (unpaired) electrons. The van der Waals surface area contributed by atoms with Crippen LogP contribution in [-0.4, -0.2) is 64.1 Å². The van der Waals surface area contributed by atoms with Gasteiger partial charge >= 0.3 is 12.0 Å². The Bertz CT molecular complexity index is 801. The Labute approximate surface area is 144 Å². The number of ether oxygens (including phenoxy) is 1. The standard InChI is InChI=1S/C17H18N4O4/c22-16(23)13-7-18-19(9-13)8-12-1-3-14(4-2-12)21-10-15-11-25-6-5-20(15)17(21)24/h1-4,7,9,15H,5-6,8,10-11H2,(H,22,23). The summed E-state index contributed by atoms with van der Waals surface area (Å²) in [6, 6.07) is 7.83. The van der Waals surface area contributed by atoms with Crippen LogP contribution in [0.1, 0.15) is 15.9 Å². The normalized spacial score (nSPS) is 20.0. The highest BCUT2D eigenvalue weighted by atomic mass is 16.5. The zero-order valence-electron chi connectivity index (χ0n) is 13.5. The van der Waals surface area contributed by atoms with Gasteiger partial charge in [0.05, 0.1) is 44.1 Å². The third-order valence-electron chi connectivity index (χ3n) is 4.57. The monoisotopic (exact) mass is 342 g/mol. The predicted octanol–water partition coefficient (Wildman–Crippen LogP) is 1.27. The van der Waals surface area contributed by atoms with E-state index in [4.69, 9.17) is 9.84 Å². The second-order valence-electron chi connectivity index (χ2n) is 6.21. The fourth-order valence-electron chi connectivity index (χ4n) is 3.25. The van der Waals surface area contributed by atoms with Crippen LogP contribution in [0.5, 0.6) is 0 Å². The van der Waals surface area contributed by atoms with Gasteiger partial charge in [-0.3, -0.25) is 9.58 Å². The van der Waals surface area contributed by atoms with Gasteiger partial charge in [-0.25, -0.2) is 9.59 Å². The molecule has 2 fully saturated rings. The van der Waals surface area contributed by atoms with E-state index >= 15 is 0 Å². The lowest BCUT2D eigenvalue weighted by molar-refractivity contribution is 0.0300. The number of carbonyl (C=O) groups excluding carboxylic acids is 1. The molecule has 2 saturated heterocycles. The van der Waals surface area contributed by atoms with Crippen LogP contribution in [0.2, 0.25) is 0 Å². The number of carboxylic acids is 1. The Morgan fingerprint density at radius 2 is 2.12 bits per heavy atom. The summed E-state index contributed by atoms with van der Waals surface area (Å²) in [4.78, 5) is 27.0. The van der Waals surface area contributed by atoms with Gasteiger partial charge in [0.25, 0.3) is 0 Å². The Morgan fingerprint density at radius 3 is 2.80 bits per heavy atom. The number of carbonyl (C=O) groups is 2. The summed E-state index contributed by atoms with van der Waals surface area (Å²) >= 11 is 0. The van der Waals surface area contributed by atoms with Crippen molar-refractivity contribution in [3.8, 4) is 0 Å². The summed E-state index contributed by atoms with van der Waals surface area (Å²) in [6.07, 6.45) is 2.83. The fraction of sp³-hybridized carbons (Fsp3) is 0.353. The highest BCUT2D eigenvalue weighted by molar-refractivity contribution is 5.94. The molecule has 0 bridgehead atoms. The molecule has 8 nitrogen and oxygen atoms in total. The van der Waals surface area contributed by atoms with Crippen LogP contribution >= 0.6 is 0 Å². The molecule has 2 aromatic rings.